The van der Waals surface area contributed by atoms with Crippen LogP contribution in [0, 0.1) is 13.8 Å². The van der Waals surface area contributed by atoms with Gasteiger partial charge < -0.3 is 11.1 Å². The van der Waals surface area contributed by atoms with Crippen LogP contribution in [-0.2, 0) is 0 Å². The maximum atomic E-state index is 12.0. The molecule has 1 aromatic heterocycles. The first kappa shape index (κ1) is 11.7. The summed E-state index contributed by atoms with van der Waals surface area (Å²) in [6, 6.07) is 7.46. The molecular weight excluding hydrogens is 232 g/mol. The average Bonchev–Trinajstić information content (AvgIpc) is 2.70. The third kappa shape index (κ3) is 2.47. The second kappa shape index (κ2) is 4.59. The van der Waals surface area contributed by atoms with E-state index in [1.54, 1.807) is 6.07 Å². The Balaban J connectivity index is 2.19. The molecule has 0 saturated heterocycles. The Kier molecular flexibility index (Phi) is 3.15. The topological polar surface area (TPSA) is 55.1 Å². The molecule has 0 aliphatic carbocycles. The number of aryl methyl sites for hydroxylation is 2. The van der Waals surface area contributed by atoms with E-state index in [-0.39, 0.29) is 5.91 Å². The highest BCUT2D eigenvalue weighted by Gasteiger charge is 2.10. The Morgan fingerprint density at radius 3 is 2.59 bits per heavy atom. The molecule has 0 bridgehead atoms. The number of nitrogen functional groups attached to an aromatic ring is 1. The molecule has 0 radical (unpaired) electrons. The monoisotopic (exact) mass is 246 g/mol. The SMILES string of the molecule is Cc1ccc(NC(=O)c2sccc2C)cc1N. The second-order valence-corrected chi connectivity index (χ2v) is 4.87. The zero-order valence-electron chi connectivity index (χ0n) is 9.78. The Morgan fingerprint density at radius 2 is 2.00 bits per heavy atom. The van der Waals surface area contributed by atoms with Gasteiger partial charge in [-0.1, -0.05) is 6.07 Å². The molecule has 0 unspecified atom stereocenters. The Hall–Kier alpha value is -1.81. The number of amides is 1. The van der Waals surface area contributed by atoms with Gasteiger partial charge in [-0.25, -0.2) is 0 Å². The minimum Gasteiger partial charge on any atom is -0.398 e. The van der Waals surface area contributed by atoms with Gasteiger partial charge in [-0.15, -0.1) is 11.3 Å². The molecule has 0 aliphatic rings. The van der Waals surface area contributed by atoms with Crippen LogP contribution in [0.1, 0.15) is 20.8 Å². The van der Waals surface area contributed by atoms with E-state index in [9.17, 15) is 4.79 Å². The summed E-state index contributed by atoms with van der Waals surface area (Å²) < 4.78 is 0. The van der Waals surface area contributed by atoms with Crippen molar-refractivity contribution < 1.29 is 4.79 Å². The van der Waals surface area contributed by atoms with E-state index >= 15 is 0 Å². The van der Waals surface area contributed by atoms with Crippen LogP contribution >= 0.6 is 11.3 Å². The molecule has 1 heterocycles. The summed E-state index contributed by atoms with van der Waals surface area (Å²) in [5, 5.41) is 4.76. The highest BCUT2D eigenvalue weighted by Crippen LogP contribution is 2.20. The molecule has 88 valence electrons. The number of rotatable bonds is 2. The van der Waals surface area contributed by atoms with Crippen LogP contribution in [0.4, 0.5) is 11.4 Å². The lowest BCUT2D eigenvalue weighted by Gasteiger charge is -2.07. The fourth-order valence-electron chi connectivity index (χ4n) is 1.51. The number of hydrogen-bond acceptors (Lipinski definition) is 3. The van der Waals surface area contributed by atoms with Gasteiger partial charge in [-0.3, -0.25) is 4.79 Å². The number of anilines is 2. The largest absolute Gasteiger partial charge is 0.398 e. The maximum absolute atomic E-state index is 12.0. The Morgan fingerprint density at radius 1 is 1.24 bits per heavy atom. The fraction of sp³-hybridized carbons (Fsp3) is 0.154. The van der Waals surface area contributed by atoms with Gasteiger partial charge in [0, 0.05) is 11.4 Å². The van der Waals surface area contributed by atoms with Crippen molar-refractivity contribution in [3.63, 3.8) is 0 Å². The predicted molar refractivity (Wildman–Crippen MR) is 72.6 cm³/mol. The number of carbonyl (C=O) groups excluding carboxylic acids is 1. The van der Waals surface area contributed by atoms with Crippen molar-refractivity contribution in [2.75, 3.05) is 11.1 Å². The molecular formula is C13H14N2OS. The van der Waals surface area contributed by atoms with E-state index in [2.05, 4.69) is 5.32 Å². The summed E-state index contributed by atoms with van der Waals surface area (Å²) in [4.78, 5) is 12.7. The second-order valence-electron chi connectivity index (χ2n) is 3.96. The zero-order chi connectivity index (χ0) is 12.4. The molecule has 4 heteroatoms. The summed E-state index contributed by atoms with van der Waals surface area (Å²) in [6.07, 6.45) is 0. The van der Waals surface area contributed by atoms with Crippen LogP contribution in [0.15, 0.2) is 29.6 Å². The Labute approximate surface area is 104 Å². The van der Waals surface area contributed by atoms with Crippen molar-refractivity contribution in [2.24, 2.45) is 0 Å². The van der Waals surface area contributed by atoms with Crippen molar-refractivity contribution >= 4 is 28.6 Å². The fourth-order valence-corrected chi connectivity index (χ4v) is 2.33. The number of hydrogen-bond donors (Lipinski definition) is 2. The molecule has 2 aromatic rings. The number of thiophene rings is 1. The summed E-state index contributed by atoms with van der Waals surface area (Å²) in [5.74, 6) is -0.0826. The number of carbonyl (C=O) groups is 1. The smallest absolute Gasteiger partial charge is 0.265 e. The van der Waals surface area contributed by atoms with Crippen molar-refractivity contribution in [3.05, 3.63) is 45.6 Å². The molecule has 0 saturated carbocycles. The van der Waals surface area contributed by atoms with Gasteiger partial charge in [0.25, 0.3) is 5.91 Å². The molecule has 3 N–H and O–H groups in total. The van der Waals surface area contributed by atoms with Gasteiger partial charge in [0.2, 0.25) is 0 Å². The van der Waals surface area contributed by atoms with Gasteiger partial charge in [0.1, 0.15) is 0 Å². The van der Waals surface area contributed by atoms with Crippen LogP contribution in [0.2, 0.25) is 0 Å². The molecule has 17 heavy (non-hydrogen) atoms. The lowest BCUT2D eigenvalue weighted by atomic mass is 10.2. The van der Waals surface area contributed by atoms with Gasteiger partial charge >= 0.3 is 0 Å². The Bertz CT molecular complexity index is 560. The molecule has 0 aliphatic heterocycles. The number of benzene rings is 1. The normalized spacial score (nSPS) is 10.2. The lowest BCUT2D eigenvalue weighted by molar-refractivity contribution is 0.103. The minimum absolute atomic E-state index is 0.0826. The van der Waals surface area contributed by atoms with Gasteiger partial charge in [-0.05, 0) is 48.6 Å². The summed E-state index contributed by atoms with van der Waals surface area (Å²) in [5.41, 5.74) is 9.21. The molecule has 0 spiro atoms. The molecule has 2 rings (SSSR count). The quantitative estimate of drug-likeness (QED) is 0.799. The summed E-state index contributed by atoms with van der Waals surface area (Å²) in [7, 11) is 0. The first-order valence-electron chi connectivity index (χ1n) is 5.29. The van der Waals surface area contributed by atoms with Crippen LogP contribution in [-0.4, -0.2) is 5.91 Å². The first-order chi connectivity index (χ1) is 8.08. The molecule has 0 atom stereocenters. The van der Waals surface area contributed by atoms with E-state index in [4.69, 9.17) is 5.73 Å². The number of nitrogens with one attached hydrogen (secondary N) is 1. The molecule has 0 fully saturated rings. The van der Waals surface area contributed by atoms with Crippen LogP contribution < -0.4 is 11.1 Å². The third-order valence-electron chi connectivity index (χ3n) is 2.61. The van der Waals surface area contributed by atoms with Crippen molar-refractivity contribution in [3.8, 4) is 0 Å². The molecule has 1 amide bonds. The molecule has 1 aromatic carbocycles. The van der Waals surface area contributed by atoms with E-state index < -0.39 is 0 Å². The highest BCUT2D eigenvalue weighted by molar-refractivity contribution is 7.12. The zero-order valence-corrected chi connectivity index (χ0v) is 10.6. The van der Waals surface area contributed by atoms with Crippen molar-refractivity contribution in [2.45, 2.75) is 13.8 Å². The van der Waals surface area contributed by atoms with Gasteiger partial charge in [0.05, 0.1) is 4.88 Å². The third-order valence-corrected chi connectivity index (χ3v) is 3.62. The summed E-state index contributed by atoms with van der Waals surface area (Å²) >= 11 is 1.44. The number of nitrogens with two attached hydrogens (primary N) is 1. The summed E-state index contributed by atoms with van der Waals surface area (Å²) in [6.45, 7) is 3.86. The van der Waals surface area contributed by atoms with Gasteiger partial charge in [0.15, 0.2) is 0 Å². The van der Waals surface area contributed by atoms with Crippen LogP contribution in [0.3, 0.4) is 0 Å². The van der Waals surface area contributed by atoms with E-state index in [1.807, 2.05) is 37.4 Å². The highest BCUT2D eigenvalue weighted by atomic mass is 32.1. The van der Waals surface area contributed by atoms with E-state index in [1.165, 1.54) is 11.3 Å². The van der Waals surface area contributed by atoms with Crippen molar-refractivity contribution in [1.82, 2.24) is 0 Å². The standard InChI is InChI=1S/C13H14N2OS/c1-8-3-4-10(7-11(8)14)15-13(16)12-9(2)5-6-17-12/h3-7H,14H2,1-2H3,(H,15,16). The van der Waals surface area contributed by atoms with E-state index in [0.29, 0.717) is 5.69 Å². The average molecular weight is 246 g/mol. The van der Waals surface area contributed by atoms with Crippen LogP contribution in [0.25, 0.3) is 0 Å². The van der Waals surface area contributed by atoms with Crippen molar-refractivity contribution in [1.29, 1.82) is 0 Å². The van der Waals surface area contributed by atoms with E-state index in [0.717, 1.165) is 21.7 Å². The van der Waals surface area contributed by atoms with Crippen LogP contribution in [0.5, 0.6) is 0 Å². The maximum Gasteiger partial charge on any atom is 0.265 e. The first-order valence-corrected chi connectivity index (χ1v) is 6.17. The lowest BCUT2D eigenvalue weighted by Crippen LogP contribution is -2.11. The van der Waals surface area contributed by atoms with Gasteiger partial charge in [-0.2, -0.15) is 0 Å². The molecule has 3 nitrogen and oxygen atoms in total. The predicted octanol–water partition coefficient (Wildman–Crippen LogP) is 3.20. The minimum atomic E-state index is -0.0826.